The van der Waals surface area contributed by atoms with Crippen LogP contribution in [0.4, 0.5) is 5.82 Å². The summed E-state index contributed by atoms with van der Waals surface area (Å²) in [5.41, 5.74) is 0.965. The Morgan fingerprint density at radius 3 is 2.64 bits per heavy atom. The lowest BCUT2D eigenvalue weighted by molar-refractivity contribution is -0.137. The molecule has 0 fully saturated rings. The molecular weight excluding hydrogens is 282 g/mol. The number of hydrogen-bond donors (Lipinski definition) is 2. The average Bonchev–Trinajstić information content (AvgIpc) is 2.91. The van der Waals surface area contributed by atoms with Gasteiger partial charge < -0.3 is 10.4 Å². The highest BCUT2D eigenvalue weighted by atomic mass is 16.4. The standard InChI is InChI=1S/C16H19N3O3/c1-2-6-13(12-7-4-3-5-8-12)16(22)17-14-9-10-19(18-14)11-15(20)21/h3-5,7-10,13H,2,6,11H2,1H3,(H,20,21)(H,17,18,22). The largest absolute Gasteiger partial charge is 0.480 e. The number of anilines is 1. The van der Waals surface area contributed by atoms with Gasteiger partial charge in [-0.2, -0.15) is 5.10 Å². The molecule has 2 rings (SSSR count). The highest BCUT2D eigenvalue weighted by Crippen LogP contribution is 2.22. The van der Waals surface area contributed by atoms with Crippen molar-refractivity contribution in [2.75, 3.05) is 5.32 Å². The first-order valence-corrected chi connectivity index (χ1v) is 7.21. The van der Waals surface area contributed by atoms with E-state index in [-0.39, 0.29) is 18.4 Å². The molecule has 1 heterocycles. The van der Waals surface area contributed by atoms with E-state index < -0.39 is 5.97 Å². The molecule has 1 unspecified atom stereocenters. The maximum Gasteiger partial charge on any atom is 0.325 e. The number of carbonyl (C=O) groups excluding carboxylic acids is 1. The van der Waals surface area contributed by atoms with E-state index in [1.165, 1.54) is 10.9 Å². The van der Waals surface area contributed by atoms with Gasteiger partial charge in [-0.3, -0.25) is 14.3 Å². The molecule has 2 N–H and O–H groups in total. The Labute approximate surface area is 128 Å². The number of nitrogens with one attached hydrogen (secondary N) is 1. The molecule has 2 aromatic rings. The number of carboxylic acid groups (broad SMARTS) is 1. The number of carbonyl (C=O) groups is 2. The molecule has 1 amide bonds. The summed E-state index contributed by atoms with van der Waals surface area (Å²) in [6, 6.07) is 11.2. The van der Waals surface area contributed by atoms with Crippen molar-refractivity contribution in [2.45, 2.75) is 32.2 Å². The molecule has 0 aliphatic heterocycles. The zero-order chi connectivity index (χ0) is 15.9. The molecule has 0 aliphatic carbocycles. The summed E-state index contributed by atoms with van der Waals surface area (Å²) in [6.45, 7) is 1.80. The lowest BCUT2D eigenvalue weighted by atomic mass is 9.94. The molecule has 1 atom stereocenters. The minimum Gasteiger partial charge on any atom is -0.480 e. The fraction of sp³-hybridized carbons (Fsp3) is 0.312. The number of aromatic nitrogens is 2. The molecule has 0 saturated carbocycles. The predicted molar refractivity (Wildman–Crippen MR) is 82.6 cm³/mol. The molecule has 6 nitrogen and oxygen atoms in total. The van der Waals surface area contributed by atoms with E-state index in [1.807, 2.05) is 37.3 Å². The van der Waals surface area contributed by atoms with E-state index in [4.69, 9.17) is 5.11 Å². The van der Waals surface area contributed by atoms with Crippen molar-refractivity contribution in [1.29, 1.82) is 0 Å². The van der Waals surface area contributed by atoms with Crippen LogP contribution >= 0.6 is 0 Å². The quantitative estimate of drug-likeness (QED) is 0.823. The molecule has 22 heavy (non-hydrogen) atoms. The third-order valence-electron chi connectivity index (χ3n) is 3.28. The van der Waals surface area contributed by atoms with E-state index >= 15 is 0 Å². The Morgan fingerprint density at radius 2 is 2.00 bits per heavy atom. The maximum atomic E-state index is 12.5. The van der Waals surface area contributed by atoms with Crippen molar-refractivity contribution in [2.24, 2.45) is 0 Å². The zero-order valence-electron chi connectivity index (χ0n) is 12.4. The van der Waals surface area contributed by atoms with E-state index in [9.17, 15) is 9.59 Å². The Morgan fingerprint density at radius 1 is 1.27 bits per heavy atom. The number of benzene rings is 1. The lowest BCUT2D eigenvalue weighted by Crippen LogP contribution is -2.21. The third kappa shape index (κ3) is 4.18. The molecule has 6 heteroatoms. The van der Waals surface area contributed by atoms with Crippen LogP contribution in [0, 0.1) is 0 Å². The van der Waals surface area contributed by atoms with Gasteiger partial charge in [-0.25, -0.2) is 0 Å². The summed E-state index contributed by atoms with van der Waals surface area (Å²) in [7, 11) is 0. The number of rotatable bonds is 7. The van der Waals surface area contributed by atoms with Crippen LogP contribution in [0.1, 0.15) is 31.2 Å². The van der Waals surface area contributed by atoms with Crippen LogP contribution in [0.5, 0.6) is 0 Å². The Hall–Kier alpha value is -2.63. The maximum absolute atomic E-state index is 12.5. The fourth-order valence-corrected chi connectivity index (χ4v) is 2.29. The van der Waals surface area contributed by atoms with E-state index in [1.54, 1.807) is 6.07 Å². The van der Waals surface area contributed by atoms with Crippen LogP contribution in [0.3, 0.4) is 0 Å². The monoisotopic (exact) mass is 301 g/mol. The molecule has 0 radical (unpaired) electrons. The smallest absolute Gasteiger partial charge is 0.325 e. The van der Waals surface area contributed by atoms with E-state index in [0.717, 1.165) is 18.4 Å². The van der Waals surface area contributed by atoms with Crippen LogP contribution < -0.4 is 5.32 Å². The Balaban J connectivity index is 2.08. The predicted octanol–water partition coefficient (Wildman–Crippen LogP) is 2.49. The van der Waals surface area contributed by atoms with Gasteiger partial charge >= 0.3 is 5.97 Å². The van der Waals surface area contributed by atoms with Gasteiger partial charge in [0.05, 0.1) is 5.92 Å². The van der Waals surface area contributed by atoms with Crippen molar-refractivity contribution in [1.82, 2.24) is 9.78 Å². The Kier molecular flexibility index (Phi) is 5.30. The number of hydrogen-bond acceptors (Lipinski definition) is 3. The van der Waals surface area contributed by atoms with Crippen molar-refractivity contribution in [3.63, 3.8) is 0 Å². The van der Waals surface area contributed by atoms with E-state index in [2.05, 4.69) is 10.4 Å². The summed E-state index contributed by atoms with van der Waals surface area (Å²) in [4.78, 5) is 23.1. The highest BCUT2D eigenvalue weighted by Gasteiger charge is 2.20. The first kappa shape index (κ1) is 15.8. The van der Waals surface area contributed by atoms with Crippen LogP contribution in [-0.2, 0) is 16.1 Å². The van der Waals surface area contributed by atoms with E-state index in [0.29, 0.717) is 5.82 Å². The van der Waals surface area contributed by atoms with Crippen molar-refractivity contribution >= 4 is 17.7 Å². The summed E-state index contributed by atoms with van der Waals surface area (Å²) >= 11 is 0. The highest BCUT2D eigenvalue weighted by molar-refractivity contribution is 5.95. The molecule has 0 saturated heterocycles. The second-order valence-electron chi connectivity index (χ2n) is 5.03. The fourth-order valence-electron chi connectivity index (χ4n) is 2.29. The first-order chi connectivity index (χ1) is 10.6. The summed E-state index contributed by atoms with van der Waals surface area (Å²) in [5, 5.41) is 15.5. The minimum absolute atomic E-state index is 0.131. The van der Waals surface area contributed by atoms with Gasteiger partial charge in [0.25, 0.3) is 0 Å². The topological polar surface area (TPSA) is 84.2 Å². The molecule has 0 aliphatic rings. The SMILES string of the molecule is CCCC(C(=O)Nc1ccn(CC(=O)O)n1)c1ccccc1. The summed E-state index contributed by atoms with van der Waals surface area (Å²) in [5.74, 6) is -0.984. The second-order valence-corrected chi connectivity index (χ2v) is 5.03. The molecule has 0 spiro atoms. The molecule has 1 aromatic heterocycles. The van der Waals surface area contributed by atoms with Crippen LogP contribution in [0.2, 0.25) is 0 Å². The van der Waals surface area contributed by atoms with Gasteiger partial charge in [-0.1, -0.05) is 43.7 Å². The van der Waals surface area contributed by atoms with Crippen molar-refractivity contribution < 1.29 is 14.7 Å². The minimum atomic E-state index is -0.978. The first-order valence-electron chi connectivity index (χ1n) is 7.21. The number of amides is 1. The number of aliphatic carboxylic acids is 1. The van der Waals surface area contributed by atoms with Crippen LogP contribution in [0.15, 0.2) is 42.6 Å². The molecule has 1 aromatic carbocycles. The number of carboxylic acids is 1. The Bertz CT molecular complexity index is 637. The third-order valence-corrected chi connectivity index (χ3v) is 3.28. The van der Waals surface area contributed by atoms with Gasteiger partial charge in [0, 0.05) is 12.3 Å². The number of nitrogens with zero attached hydrogens (tertiary/aromatic N) is 2. The van der Waals surface area contributed by atoms with Gasteiger partial charge in [-0.15, -0.1) is 0 Å². The molecular formula is C16H19N3O3. The van der Waals surface area contributed by atoms with Gasteiger partial charge in [0.1, 0.15) is 6.54 Å². The zero-order valence-corrected chi connectivity index (χ0v) is 12.4. The van der Waals surface area contributed by atoms with Gasteiger partial charge in [0.15, 0.2) is 5.82 Å². The second kappa shape index (κ2) is 7.40. The molecule has 116 valence electrons. The van der Waals surface area contributed by atoms with Crippen molar-refractivity contribution in [3.8, 4) is 0 Å². The van der Waals surface area contributed by atoms with Gasteiger partial charge in [-0.05, 0) is 12.0 Å². The van der Waals surface area contributed by atoms with Crippen molar-refractivity contribution in [3.05, 3.63) is 48.2 Å². The lowest BCUT2D eigenvalue weighted by Gasteiger charge is -2.15. The normalized spacial score (nSPS) is 11.9. The molecule has 0 bridgehead atoms. The summed E-state index contributed by atoms with van der Waals surface area (Å²) in [6.07, 6.45) is 3.16. The summed E-state index contributed by atoms with van der Waals surface area (Å²) < 4.78 is 1.27. The average molecular weight is 301 g/mol. The van der Waals surface area contributed by atoms with Gasteiger partial charge in [0.2, 0.25) is 5.91 Å². The van der Waals surface area contributed by atoms with Crippen LogP contribution in [-0.4, -0.2) is 26.8 Å². The van der Waals surface area contributed by atoms with Crippen LogP contribution in [0.25, 0.3) is 0 Å².